The van der Waals surface area contributed by atoms with Gasteiger partial charge in [0.25, 0.3) is 0 Å². The molecule has 0 saturated heterocycles. The van der Waals surface area contributed by atoms with E-state index in [0.717, 1.165) is 39.1 Å². The predicted molar refractivity (Wildman–Crippen MR) is 75.6 cm³/mol. The molecule has 3 heteroatoms. The summed E-state index contributed by atoms with van der Waals surface area (Å²) in [5.74, 6) is 0. The molecule has 1 aliphatic rings. The van der Waals surface area contributed by atoms with Gasteiger partial charge in [-0.05, 0) is 18.1 Å². The number of rotatable bonds is 3. The fourth-order valence-electron chi connectivity index (χ4n) is 3.05. The molecule has 0 atom stereocenters. The third-order valence-corrected chi connectivity index (χ3v) is 3.94. The first-order chi connectivity index (χ1) is 8.83. The van der Waals surface area contributed by atoms with Crippen molar-refractivity contribution in [3.05, 3.63) is 35.5 Å². The van der Waals surface area contributed by atoms with E-state index >= 15 is 0 Å². The molecule has 96 valence electrons. The SMILES string of the molecule is CCc1cccc2cc3n(c12)CCN(CCN)C3. The monoisotopic (exact) mass is 243 g/mol. The van der Waals surface area contributed by atoms with Gasteiger partial charge >= 0.3 is 0 Å². The number of nitrogens with two attached hydrogens (primary N) is 1. The molecule has 1 aliphatic heterocycles. The van der Waals surface area contributed by atoms with E-state index in [2.05, 4.69) is 40.7 Å². The predicted octanol–water partition coefficient (Wildman–Crippen LogP) is 1.98. The maximum atomic E-state index is 5.65. The molecule has 0 unspecified atom stereocenters. The highest BCUT2D eigenvalue weighted by Gasteiger charge is 2.18. The third kappa shape index (κ3) is 1.84. The van der Waals surface area contributed by atoms with Gasteiger partial charge in [-0.15, -0.1) is 0 Å². The van der Waals surface area contributed by atoms with Gasteiger partial charge in [-0.25, -0.2) is 0 Å². The fourth-order valence-corrected chi connectivity index (χ4v) is 3.05. The molecular weight excluding hydrogens is 222 g/mol. The zero-order valence-corrected chi connectivity index (χ0v) is 11.0. The second-order valence-electron chi connectivity index (χ2n) is 5.06. The van der Waals surface area contributed by atoms with Crippen LogP contribution >= 0.6 is 0 Å². The molecule has 2 N–H and O–H groups in total. The molecule has 2 heterocycles. The van der Waals surface area contributed by atoms with Crippen LogP contribution in [-0.4, -0.2) is 29.1 Å². The van der Waals surface area contributed by atoms with Crippen molar-refractivity contribution in [2.24, 2.45) is 5.73 Å². The second kappa shape index (κ2) is 4.75. The average Bonchev–Trinajstić information content (AvgIpc) is 2.76. The number of aromatic nitrogens is 1. The van der Waals surface area contributed by atoms with E-state index in [1.54, 1.807) is 0 Å². The largest absolute Gasteiger partial charge is 0.342 e. The van der Waals surface area contributed by atoms with Gasteiger partial charge in [-0.2, -0.15) is 0 Å². The van der Waals surface area contributed by atoms with Crippen molar-refractivity contribution >= 4 is 10.9 Å². The Morgan fingerprint density at radius 2 is 2.17 bits per heavy atom. The van der Waals surface area contributed by atoms with Crippen LogP contribution in [-0.2, 0) is 19.5 Å². The van der Waals surface area contributed by atoms with Crippen LogP contribution in [0.5, 0.6) is 0 Å². The molecule has 1 aromatic heterocycles. The van der Waals surface area contributed by atoms with E-state index in [0.29, 0.717) is 0 Å². The van der Waals surface area contributed by atoms with Crippen molar-refractivity contribution in [2.45, 2.75) is 26.4 Å². The molecule has 2 aromatic rings. The van der Waals surface area contributed by atoms with Gasteiger partial charge in [0.15, 0.2) is 0 Å². The first kappa shape index (κ1) is 11.8. The normalized spacial score (nSPS) is 16.1. The maximum absolute atomic E-state index is 5.65. The molecule has 0 amide bonds. The van der Waals surface area contributed by atoms with Crippen LogP contribution in [0.2, 0.25) is 0 Å². The summed E-state index contributed by atoms with van der Waals surface area (Å²) < 4.78 is 2.50. The lowest BCUT2D eigenvalue weighted by atomic mass is 10.1. The van der Waals surface area contributed by atoms with E-state index in [1.165, 1.54) is 22.2 Å². The minimum atomic E-state index is 0.750. The Morgan fingerprint density at radius 1 is 1.28 bits per heavy atom. The van der Waals surface area contributed by atoms with E-state index in [1.807, 2.05) is 0 Å². The molecule has 0 bridgehead atoms. The summed E-state index contributed by atoms with van der Waals surface area (Å²) in [4.78, 5) is 2.44. The van der Waals surface area contributed by atoms with Crippen LogP contribution in [0, 0.1) is 0 Å². The highest BCUT2D eigenvalue weighted by Crippen LogP contribution is 2.27. The summed E-state index contributed by atoms with van der Waals surface area (Å²) in [5.41, 5.74) is 10.00. The standard InChI is InChI=1S/C15H21N3/c1-2-12-4-3-5-13-10-14-11-17(7-6-16)8-9-18(14)15(12)13/h3-5,10H,2,6-9,11,16H2,1H3. The Morgan fingerprint density at radius 3 is 2.94 bits per heavy atom. The minimum Gasteiger partial charge on any atom is -0.342 e. The number of nitrogens with zero attached hydrogens (tertiary/aromatic N) is 2. The lowest BCUT2D eigenvalue weighted by Crippen LogP contribution is -2.36. The van der Waals surface area contributed by atoms with E-state index in [-0.39, 0.29) is 0 Å². The van der Waals surface area contributed by atoms with E-state index in [9.17, 15) is 0 Å². The van der Waals surface area contributed by atoms with Gasteiger partial charge in [0.1, 0.15) is 0 Å². The van der Waals surface area contributed by atoms with Crippen LogP contribution in [0.15, 0.2) is 24.3 Å². The Bertz CT molecular complexity index is 556. The highest BCUT2D eigenvalue weighted by atomic mass is 15.2. The Balaban J connectivity index is 2.05. The quantitative estimate of drug-likeness (QED) is 0.894. The van der Waals surface area contributed by atoms with Crippen molar-refractivity contribution in [2.75, 3.05) is 19.6 Å². The van der Waals surface area contributed by atoms with E-state index < -0.39 is 0 Å². The molecule has 0 saturated carbocycles. The summed E-state index contributed by atoms with van der Waals surface area (Å²) in [6, 6.07) is 9.00. The highest BCUT2D eigenvalue weighted by molar-refractivity contribution is 5.84. The Hall–Kier alpha value is -1.32. The zero-order valence-electron chi connectivity index (χ0n) is 11.0. The van der Waals surface area contributed by atoms with Crippen LogP contribution < -0.4 is 5.73 Å². The summed E-state index contributed by atoms with van der Waals surface area (Å²) >= 11 is 0. The number of fused-ring (bicyclic) bond motifs is 3. The number of para-hydroxylation sites is 1. The first-order valence-corrected chi connectivity index (χ1v) is 6.86. The molecule has 0 fully saturated rings. The number of benzene rings is 1. The fraction of sp³-hybridized carbons (Fsp3) is 0.467. The van der Waals surface area contributed by atoms with Gasteiger partial charge in [0, 0.05) is 43.8 Å². The smallest absolute Gasteiger partial charge is 0.0515 e. The first-order valence-electron chi connectivity index (χ1n) is 6.86. The summed E-state index contributed by atoms with van der Waals surface area (Å²) in [5, 5.41) is 1.39. The van der Waals surface area contributed by atoms with Gasteiger partial charge < -0.3 is 10.3 Å². The van der Waals surface area contributed by atoms with Crippen molar-refractivity contribution in [3.8, 4) is 0 Å². The molecule has 18 heavy (non-hydrogen) atoms. The molecule has 3 nitrogen and oxygen atoms in total. The second-order valence-corrected chi connectivity index (χ2v) is 5.06. The lowest BCUT2D eigenvalue weighted by molar-refractivity contribution is 0.229. The molecule has 1 aromatic carbocycles. The minimum absolute atomic E-state index is 0.750. The maximum Gasteiger partial charge on any atom is 0.0515 e. The molecule has 0 radical (unpaired) electrons. The lowest BCUT2D eigenvalue weighted by Gasteiger charge is -2.28. The Labute approximate surface area is 108 Å². The number of aryl methyl sites for hydroxylation is 1. The van der Waals surface area contributed by atoms with Gasteiger partial charge in [0.2, 0.25) is 0 Å². The molecule has 0 spiro atoms. The number of hydrogen-bond donors (Lipinski definition) is 1. The third-order valence-electron chi connectivity index (χ3n) is 3.94. The summed E-state index contributed by atoms with van der Waals surface area (Å²) in [6.45, 7) is 7.23. The van der Waals surface area contributed by atoms with Crippen molar-refractivity contribution in [1.29, 1.82) is 0 Å². The van der Waals surface area contributed by atoms with Gasteiger partial charge in [0.05, 0.1) is 5.52 Å². The summed E-state index contributed by atoms with van der Waals surface area (Å²) in [6.07, 6.45) is 1.10. The van der Waals surface area contributed by atoms with Crippen LogP contribution in [0.3, 0.4) is 0 Å². The van der Waals surface area contributed by atoms with E-state index in [4.69, 9.17) is 5.73 Å². The van der Waals surface area contributed by atoms with Crippen molar-refractivity contribution in [1.82, 2.24) is 9.47 Å². The molecular formula is C15H21N3. The molecule has 3 rings (SSSR count). The average molecular weight is 243 g/mol. The summed E-state index contributed by atoms with van der Waals surface area (Å²) in [7, 11) is 0. The van der Waals surface area contributed by atoms with Crippen molar-refractivity contribution in [3.63, 3.8) is 0 Å². The van der Waals surface area contributed by atoms with Crippen molar-refractivity contribution < 1.29 is 0 Å². The topological polar surface area (TPSA) is 34.2 Å². The van der Waals surface area contributed by atoms with Crippen LogP contribution in [0.4, 0.5) is 0 Å². The zero-order chi connectivity index (χ0) is 12.5. The molecule has 0 aliphatic carbocycles. The van der Waals surface area contributed by atoms with Gasteiger partial charge in [-0.1, -0.05) is 25.1 Å². The van der Waals surface area contributed by atoms with Gasteiger partial charge in [-0.3, -0.25) is 4.90 Å². The number of hydrogen-bond acceptors (Lipinski definition) is 2. The van der Waals surface area contributed by atoms with Crippen LogP contribution in [0.25, 0.3) is 10.9 Å². The Kier molecular flexibility index (Phi) is 3.10. The van der Waals surface area contributed by atoms with Crippen LogP contribution in [0.1, 0.15) is 18.2 Å².